The van der Waals surface area contributed by atoms with Crippen LogP contribution in [0.4, 0.5) is 0 Å². The quantitative estimate of drug-likeness (QED) is 0.417. The van der Waals surface area contributed by atoms with Crippen LogP contribution in [0.5, 0.6) is 0 Å². The van der Waals surface area contributed by atoms with E-state index in [2.05, 4.69) is 0 Å². The first-order valence-corrected chi connectivity index (χ1v) is 3.71. The summed E-state index contributed by atoms with van der Waals surface area (Å²) in [4.78, 5) is 31.6. The molecule has 0 radical (unpaired) electrons. The van der Waals surface area contributed by atoms with Crippen LogP contribution in [-0.2, 0) is 9.59 Å². The highest BCUT2D eigenvalue weighted by Gasteiger charge is 2.39. The average molecular weight is 171 g/mol. The number of carbonyl (C=O) groups is 2. The van der Waals surface area contributed by atoms with Crippen LogP contribution in [0.3, 0.4) is 0 Å². The van der Waals surface area contributed by atoms with Crippen molar-refractivity contribution in [2.24, 2.45) is 5.92 Å². The maximum Gasteiger partial charge on any atom is 0.277 e. The molecule has 0 spiro atoms. The lowest BCUT2D eigenvalue weighted by Gasteiger charge is -2.17. The second kappa shape index (κ2) is 3.00. The van der Waals surface area contributed by atoms with Gasteiger partial charge in [-0.1, -0.05) is 6.92 Å². The molecule has 0 aromatic heterocycles. The Balaban J connectivity index is 2.75. The molecular weight excluding hydrogens is 162 g/mol. The number of ketones is 2. The zero-order valence-corrected chi connectivity index (χ0v) is 6.65. The summed E-state index contributed by atoms with van der Waals surface area (Å²) in [6.07, 6.45) is -0.211. The van der Waals surface area contributed by atoms with Gasteiger partial charge in [0.05, 0.1) is 6.42 Å². The van der Waals surface area contributed by atoms with E-state index in [1.54, 1.807) is 6.92 Å². The van der Waals surface area contributed by atoms with Crippen molar-refractivity contribution in [1.82, 2.24) is 0 Å². The number of rotatable bonds is 1. The zero-order valence-electron chi connectivity index (χ0n) is 6.65. The predicted molar refractivity (Wildman–Crippen MR) is 39.2 cm³/mol. The summed E-state index contributed by atoms with van der Waals surface area (Å²) in [5.74, 6) is -0.947. The summed E-state index contributed by atoms with van der Waals surface area (Å²) in [7, 11) is 0. The maximum absolute atomic E-state index is 11.0. The van der Waals surface area contributed by atoms with Crippen LogP contribution in [0.25, 0.3) is 0 Å². The van der Waals surface area contributed by atoms with Crippen LogP contribution in [0.2, 0.25) is 0 Å². The van der Waals surface area contributed by atoms with E-state index in [-0.39, 0.29) is 24.5 Å². The van der Waals surface area contributed by atoms with Crippen LogP contribution >= 0.6 is 0 Å². The van der Waals surface area contributed by atoms with Crippen molar-refractivity contribution in [3.8, 4) is 0 Å². The molecule has 1 aliphatic carbocycles. The van der Waals surface area contributed by atoms with E-state index in [0.717, 1.165) is 0 Å². The highest BCUT2D eigenvalue weighted by atomic mass is 16.6. The molecule has 5 nitrogen and oxygen atoms in total. The topological polar surface area (TPSA) is 77.3 Å². The lowest BCUT2D eigenvalue weighted by molar-refractivity contribution is -0.507. The van der Waals surface area contributed by atoms with Gasteiger partial charge in [0.15, 0.2) is 0 Å². The average Bonchev–Trinajstić information content (AvgIpc) is 1.96. The Morgan fingerprint density at radius 2 is 1.92 bits per heavy atom. The van der Waals surface area contributed by atoms with Crippen molar-refractivity contribution >= 4 is 11.6 Å². The van der Waals surface area contributed by atoms with Crippen molar-refractivity contribution in [1.29, 1.82) is 0 Å². The molecular formula is C7H9NO4. The van der Waals surface area contributed by atoms with Gasteiger partial charge >= 0.3 is 0 Å². The van der Waals surface area contributed by atoms with Gasteiger partial charge in [0, 0.05) is 17.3 Å². The van der Waals surface area contributed by atoms with Crippen molar-refractivity contribution in [2.45, 2.75) is 25.8 Å². The molecule has 0 amide bonds. The minimum Gasteiger partial charge on any atom is -0.299 e. The Bertz CT molecular complexity index is 248. The van der Waals surface area contributed by atoms with E-state index in [9.17, 15) is 19.7 Å². The fourth-order valence-corrected chi connectivity index (χ4v) is 1.25. The third-order valence-electron chi connectivity index (χ3n) is 2.08. The normalized spacial score (nSPS) is 30.4. The van der Waals surface area contributed by atoms with Crippen molar-refractivity contribution in [3.63, 3.8) is 0 Å². The van der Waals surface area contributed by atoms with Gasteiger partial charge in [0.1, 0.15) is 5.78 Å². The molecule has 1 saturated carbocycles. The molecule has 0 aliphatic heterocycles. The van der Waals surface area contributed by atoms with E-state index in [1.165, 1.54) is 0 Å². The first-order valence-electron chi connectivity index (χ1n) is 3.71. The van der Waals surface area contributed by atoms with E-state index >= 15 is 0 Å². The summed E-state index contributed by atoms with van der Waals surface area (Å²) in [5, 5.41) is 10.2. The first-order chi connectivity index (χ1) is 5.52. The molecule has 0 aromatic rings. The predicted octanol–water partition coefficient (Wildman–Crippen LogP) is 0.200. The largest absolute Gasteiger partial charge is 0.299 e. The molecule has 1 rings (SSSR count). The van der Waals surface area contributed by atoms with E-state index in [1.807, 2.05) is 0 Å². The van der Waals surface area contributed by atoms with Crippen LogP contribution < -0.4 is 0 Å². The standard InChI is InChI=1S/C7H9NO4/c1-4-2-7(10)5(8(11)12)3-6(4)9/h4-5H,2-3H2,1H3. The summed E-state index contributed by atoms with van der Waals surface area (Å²) in [5.41, 5.74) is 0. The van der Waals surface area contributed by atoms with E-state index < -0.39 is 16.7 Å². The number of nitrogens with zero attached hydrogens (tertiary/aromatic N) is 1. The van der Waals surface area contributed by atoms with Gasteiger partial charge < -0.3 is 0 Å². The Hall–Kier alpha value is -1.26. The SMILES string of the molecule is CC1CC(=O)C([N+](=O)[O-])CC1=O. The second-order valence-electron chi connectivity index (χ2n) is 3.04. The van der Waals surface area contributed by atoms with Gasteiger partial charge in [-0.15, -0.1) is 0 Å². The molecule has 66 valence electrons. The van der Waals surface area contributed by atoms with Gasteiger partial charge in [0.2, 0.25) is 5.78 Å². The third-order valence-corrected chi connectivity index (χ3v) is 2.08. The van der Waals surface area contributed by atoms with E-state index in [4.69, 9.17) is 0 Å². The molecule has 0 aromatic carbocycles. The number of nitro groups is 1. The highest BCUT2D eigenvalue weighted by Crippen LogP contribution is 2.19. The van der Waals surface area contributed by atoms with Crippen LogP contribution in [0.15, 0.2) is 0 Å². The molecule has 5 heteroatoms. The smallest absolute Gasteiger partial charge is 0.277 e. The van der Waals surface area contributed by atoms with Gasteiger partial charge in [0.25, 0.3) is 6.04 Å². The number of carbonyl (C=O) groups excluding carboxylic acids is 2. The van der Waals surface area contributed by atoms with Crippen LogP contribution in [0.1, 0.15) is 19.8 Å². The van der Waals surface area contributed by atoms with Gasteiger partial charge in [-0.05, 0) is 0 Å². The molecule has 0 bridgehead atoms. The molecule has 2 atom stereocenters. The number of hydrogen-bond acceptors (Lipinski definition) is 4. The Morgan fingerprint density at radius 3 is 2.42 bits per heavy atom. The molecule has 2 unspecified atom stereocenters. The summed E-state index contributed by atoms with van der Waals surface area (Å²) in [6.45, 7) is 1.62. The zero-order chi connectivity index (χ0) is 9.30. The van der Waals surface area contributed by atoms with Crippen LogP contribution in [0, 0.1) is 16.0 Å². The molecule has 0 N–H and O–H groups in total. The minimum absolute atomic E-state index is 0.0183. The van der Waals surface area contributed by atoms with E-state index in [0.29, 0.717) is 0 Å². The monoisotopic (exact) mass is 171 g/mol. The fraction of sp³-hybridized carbons (Fsp3) is 0.714. The summed E-state index contributed by atoms with van der Waals surface area (Å²) < 4.78 is 0. The minimum atomic E-state index is -1.28. The van der Waals surface area contributed by atoms with Gasteiger partial charge in [-0.2, -0.15) is 0 Å². The van der Waals surface area contributed by atoms with Gasteiger partial charge in [-0.3, -0.25) is 19.7 Å². The fourth-order valence-electron chi connectivity index (χ4n) is 1.25. The van der Waals surface area contributed by atoms with Crippen molar-refractivity contribution in [3.05, 3.63) is 10.1 Å². The summed E-state index contributed by atoms with van der Waals surface area (Å²) in [6, 6.07) is -1.28. The Morgan fingerprint density at radius 1 is 1.33 bits per heavy atom. The lowest BCUT2D eigenvalue weighted by atomic mass is 9.85. The van der Waals surface area contributed by atoms with Crippen molar-refractivity contribution < 1.29 is 14.5 Å². The molecule has 0 heterocycles. The molecule has 0 saturated heterocycles. The number of Topliss-reactive ketones (excluding diaryl/α,β-unsaturated/α-hetero) is 2. The highest BCUT2D eigenvalue weighted by molar-refractivity contribution is 5.97. The first kappa shape index (κ1) is 8.83. The Kier molecular flexibility index (Phi) is 2.21. The third kappa shape index (κ3) is 1.49. The Labute approximate surface area is 68.9 Å². The van der Waals surface area contributed by atoms with Crippen molar-refractivity contribution in [2.75, 3.05) is 0 Å². The van der Waals surface area contributed by atoms with Crippen LogP contribution in [-0.4, -0.2) is 22.5 Å². The molecule has 12 heavy (non-hydrogen) atoms. The molecule has 1 aliphatic rings. The molecule has 1 fully saturated rings. The maximum atomic E-state index is 11.0. The van der Waals surface area contributed by atoms with Gasteiger partial charge in [-0.25, -0.2) is 0 Å². The summed E-state index contributed by atoms with van der Waals surface area (Å²) >= 11 is 0. The lowest BCUT2D eigenvalue weighted by Crippen LogP contribution is -2.39. The second-order valence-corrected chi connectivity index (χ2v) is 3.04. The number of hydrogen-bond donors (Lipinski definition) is 0.